The van der Waals surface area contributed by atoms with Crippen molar-refractivity contribution in [1.29, 1.82) is 0 Å². The number of carbonyl (C=O) groups is 2. The number of hydrogen-bond acceptors (Lipinski definition) is 8. The third-order valence-corrected chi connectivity index (χ3v) is 4.54. The lowest BCUT2D eigenvalue weighted by molar-refractivity contribution is -0.126. The normalized spacial score (nSPS) is 16.8. The van der Waals surface area contributed by atoms with Crippen molar-refractivity contribution >= 4 is 36.0 Å². The maximum atomic E-state index is 12.8. The van der Waals surface area contributed by atoms with Crippen LogP contribution in [0.4, 0.5) is 0 Å². The Morgan fingerprint density at radius 2 is 2.29 bits per heavy atom. The van der Waals surface area contributed by atoms with Gasteiger partial charge in [-0.2, -0.15) is 0 Å². The topological polar surface area (TPSA) is 131 Å². The molecule has 2 aromatic heterocycles. The van der Waals surface area contributed by atoms with E-state index in [1.807, 2.05) is 0 Å². The lowest BCUT2D eigenvalue weighted by Gasteiger charge is -2.33. The number of rotatable bonds is 6. The first-order valence-electron chi connectivity index (χ1n) is 8.81. The van der Waals surface area contributed by atoms with Gasteiger partial charge < -0.3 is 29.0 Å². The van der Waals surface area contributed by atoms with Gasteiger partial charge in [0, 0.05) is 30.9 Å². The lowest BCUT2D eigenvalue weighted by Crippen LogP contribution is -2.47. The van der Waals surface area contributed by atoms with Crippen LogP contribution in [-0.2, 0) is 20.8 Å². The SMILES string of the molecule is CCOC(=O)c1cn(CC2COCCN2C=O)c2ncc(B(O)O)cc2c1=O. The Balaban J connectivity index is 2.14. The smallest absolute Gasteiger partial charge is 0.462 e. The molecule has 0 spiro atoms. The van der Waals surface area contributed by atoms with E-state index in [-0.39, 0.29) is 41.3 Å². The molecular weight excluding hydrogens is 369 g/mol. The van der Waals surface area contributed by atoms with Gasteiger partial charge in [-0.15, -0.1) is 0 Å². The Kier molecular flexibility index (Phi) is 6.07. The number of morpholine rings is 1. The van der Waals surface area contributed by atoms with Crippen molar-refractivity contribution in [2.75, 3.05) is 26.4 Å². The van der Waals surface area contributed by atoms with Crippen LogP contribution in [0.3, 0.4) is 0 Å². The highest BCUT2D eigenvalue weighted by Gasteiger charge is 2.25. The monoisotopic (exact) mass is 389 g/mol. The van der Waals surface area contributed by atoms with Crippen LogP contribution in [0, 0.1) is 0 Å². The fourth-order valence-corrected chi connectivity index (χ4v) is 3.12. The summed E-state index contributed by atoms with van der Waals surface area (Å²) in [6.45, 7) is 3.12. The molecule has 3 heterocycles. The van der Waals surface area contributed by atoms with Gasteiger partial charge in [-0.05, 0) is 13.0 Å². The molecule has 1 fully saturated rings. The van der Waals surface area contributed by atoms with E-state index in [2.05, 4.69) is 4.98 Å². The average molecular weight is 389 g/mol. The Morgan fingerprint density at radius 1 is 1.50 bits per heavy atom. The van der Waals surface area contributed by atoms with Gasteiger partial charge in [-0.25, -0.2) is 9.78 Å². The van der Waals surface area contributed by atoms with Gasteiger partial charge in [-0.1, -0.05) is 0 Å². The van der Waals surface area contributed by atoms with Crippen LogP contribution in [0.2, 0.25) is 0 Å². The van der Waals surface area contributed by atoms with E-state index in [0.717, 1.165) is 6.41 Å². The molecule has 0 saturated carbocycles. The molecule has 0 aliphatic carbocycles. The van der Waals surface area contributed by atoms with Crippen molar-refractivity contribution in [2.24, 2.45) is 0 Å². The fraction of sp³-hybridized carbons (Fsp3) is 0.412. The molecule has 0 radical (unpaired) electrons. The van der Waals surface area contributed by atoms with Gasteiger partial charge in [0.2, 0.25) is 11.8 Å². The number of esters is 1. The van der Waals surface area contributed by atoms with Crippen molar-refractivity contribution in [1.82, 2.24) is 14.5 Å². The molecular formula is C17H20BN3O7. The zero-order chi connectivity index (χ0) is 20.3. The summed E-state index contributed by atoms with van der Waals surface area (Å²) in [6, 6.07) is 0.973. The molecule has 1 unspecified atom stereocenters. The first-order chi connectivity index (χ1) is 13.5. The summed E-state index contributed by atoms with van der Waals surface area (Å²) in [4.78, 5) is 42.1. The van der Waals surface area contributed by atoms with Crippen molar-refractivity contribution in [3.8, 4) is 0 Å². The van der Waals surface area contributed by atoms with Gasteiger partial charge in [-0.3, -0.25) is 9.59 Å². The van der Waals surface area contributed by atoms with E-state index in [9.17, 15) is 24.4 Å². The third kappa shape index (κ3) is 3.91. The number of nitrogens with zero attached hydrogens (tertiary/aromatic N) is 3. The summed E-state index contributed by atoms with van der Waals surface area (Å²) in [5, 5.41) is 18.8. The highest BCUT2D eigenvalue weighted by molar-refractivity contribution is 6.58. The van der Waals surface area contributed by atoms with E-state index in [1.54, 1.807) is 16.4 Å². The minimum atomic E-state index is -1.81. The minimum Gasteiger partial charge on any atom is -0.462 e. The largest absolute Gasteiger partial charge is 0.490 e. The van der Waals surface area contributed by atoms with Crippen molar-refractivity contribution in [3.05, 3.63) is 34.2 Å². The third-order valence-electron chi connectivity index (χ3n) is 4.54. The second kappa shape index (κ2) is 8.51. The van der Waals surface area contributed by atoms with E-state index in [4.69, 9.17) is 9.47 Å². The van der Waals surface area contributed by atoms with E-state index in [1.165, 1.54) is 18.5 Å². The summed E-state index contributed by atoms with van der Waals surface area (Å²) in [7, 11) is -1.81. The van der Waals surface area contributed by atoms with Crippen LogP contribution in [0.15, 0.2) is 23.3 Å². The minimum absolute atomic E-state index is 0.0210. The molecule has 1 aliphatic heterocycles. The number of aromatic nitrogens is 2. The molecule has 1 aliphatic rings. The lowest BCUT2D eigenvalue weighted by atomic mass is 9.81. The van der Waals surface area contributed by atoms with E-state index >= 15 is 0 Å². The second-order valence-corrected chi connectivity index (χ2v) is 6.33. The van der Waals surface area contributed by atoms with Crippen LogP contribution in [-0.4, -0.2) is 76.4 Å². The molecule has 10 nitrogen and oxygen atoms in total. The van der Waals surface area contributed by atoms with Crippen LogP contribution < -0.4 is 10.9 Å². The van der Waals surface area contributed by atoms with Crippen LogP contribution in [0.25, 0.3) is 11.0 Å². The van der Waals surface area contributed by atoms with Crippen molar-refractivity contribution < 1.29 is 29.1 Å². The molecule has 1 saturated heterocycles. The fourth-order valence-electron chi connectivity index (χ4n) is 3.12. The number of pyridine rings is 2. The van der Waals surface area contributed by atoms with Crippen LogP contribution in [0.1, 0.15) is 17.3 Å². The van der Waals surface area contributed by atoms with E-state index in [0.29, 0.717) is 19.8 Å². The number of fused-ring (bicyclic) bond motifs is 1. The Morgan fingerprint density at radius 3 is 2.96 bits per heavy atom. The molecule has 0 aromatic carbocycles. The van der Waals surface area contributed by atoms with Crippen LogP contribution >= 0.6 is 0 Å². The zero-order valence-electron chi connectivity index (χ0n) is 15.3. The van der Waals surface area contributed by atoms with Crippen molar-refractivity contribution in [2.45, 2.75) is 19.5 Å². The average Bonchev–Trinajstić information content (AvgIpc) is 2.70. The quantitative estimate of drug-likeness (QED) is 0.333. The van der Waals surface area contributed by atoms with Crippen LogP contribution in [0.5, 0.6) is 0 Å². The first-order valence-corrected chi connectivity index (χ1v) is 8.81. The highest BCUT2D eigenvalue weighted by Crippen LogP contribution is 2.14. The molecule has 28 heavy (non-hydrogen) atoms. The predicted molar refractivity (Wildman–Crippen MR) is 99.2 cm³/mol. The van der Waals surface area contributed by atoms with Gasteiger partial charge in [0.25, 0.3) is 0 Å². The summed E-state index contributed by atoms with van der Waals surface area (Å²) >= 11 is 0. The summed E-state index contributed by atoms with van der Waals surface area (Å²) in [5.74, 6) is -0.787. The standard InChI is InChI=1S/C17H20BN3O7/c1-2-28-17(24)14-8-21(7-12-9-27-4-3-20(12)10-22)16-13(15(14)23)5-11(6-19-16)18(25)26/h5-6,8,10,12,25-26H,2-4,7,9H2,1H3. The molecule has 0 bridgehead atoms. The Hall–Kier alpha value is -2.76. The maximum absolute atomic E-state index is 12.8. The maximum Gasteiger partial charge on any atom is 0.490 e. The highest BCUT2D eigenvalue weighted by atomic mass is 16.5. The molecule has 3 rings (SSSR count). The van der Waals surface area contributed by atoms with E-state index < -0.39 is 18.5 Å². The Bertz CT molecular complexity index is 946. The van der Waals surface area contributed by atoms with Gasteiger partial charge in [0.1, 0.15) is 11.2 Å². The molecule has 11 heteroatoms. The number of amides is 1. The molecule has 2 N–H and O–H groups in total. The first kappa shape index (κ1) is 20.0. The zero-order valence-corrected chi connectivity index (χ0v) is 15.3. The molecule has 2 aromatic rings. The molecule has 148 valence electrons. The summed E-state index contributed by atoms with van der Waals surface area (Å²) in [6.07, 6.45) is 3.32. The van der Waals surface area contributed by atoms with Gasteiger partial charge in [0.15, 0.2) is 0 Å². The van der Waals surface area contributed by atoms with Crippen molar-refractivity contribution in [3.63, 3.8) is 0 Å². The predicted octanol–water partition coefficient (Wildman–Crippen LogP) is -1.89. The molecule has 1 atom stereocenters. The summed E-state index contributed by atoms with van der Waals surface area (Å²) < 4.78 is 12.0. The number of hydrogen-bond donors (Lipinski definition) is 2. The van der Waals surface area contributed by atoms with Gasteiger partial charge in [0.05, 0.1) is 31.2 Å². The molecule has 1 amide bonds. The number of carbonyl (C=O) groups excluding carboxylic acids is 2. The van der Waals surface area contributed by atoms with Gasteiger partial charge >= 0.3 is 13.1 Å². The second-order valence-electron chi connectivity index (χ2n) is 6.33. The summed E-state index contributed by atoms with van der Waals surface area (Å²) in [5.41, 5.74) is -0.548. The number of ether oxygens (including phenoxy) is 2. The Labute approximate surface area is 160 Å².